The molecule has 2 heteroatoms. The van der Waals surface area contributed by atoms with E-state index in [1.165, 1.54) is 42.0 Å². The molecule has 0 aromatic heterocycles. The van der Waals surface area contributed by atoms with Gasteiger partial charge in [0.05, 0.1) is 0 Å². The average Bonchev–Trinajstić information content (AvgIpc) is 2.55. The van der Waals surface area contributed by atoms with E-state index in [1.807, 2.05) is 0 Å². The van der Waals surface area contributed by atoms with E-state index in [0.29, 0.717) is 18.4 Å². The minimum atomic E-state index is 0.348. The largest absolute Gasteiger partial charge is 0.396 e. The Labute approximate surface area is 127 Å². The topological polar surface area (TPSA) is 32.3 Å². The molecular formula is C19H25NO. The van der Waals surface area contributed by atoms with Crippen LogP contribution in [0.15, 0.2) is 42.5 Å². The van der Waals surface area contributed by atoms with Crippen LogP contribution in [0.25, 0.3) is 10.8 Å². The van der Waals surface area contributed by atoms with E-state index in [9.17, 15) is 5.11 Å². The quantitative estimate of drug-likeness (QED) is 0.876. The summed E-state index contributed by atoms with van der Waals surface area (Å²) < 4.78 is 0. The van der Waals surface area contributed by atoms with Crippen LogP contribution in [0.4, 0.5) is 0 Å². The zero-order valence-corrected chi connectivity index (χ0v) is 12.6. The van der Waals surface area contributed by atoms with Crippen molar-refractivity contribution >= 4 is 10.8 Å². The molecule has 0 radical (unpaired) electrons. The maximum absolute atomic E-state index is 9.49. The molecule has 2 aromatic rings. The van der Waals surface area contributed by atoms with Crippen LogP contribution in [-0.4, -0.2) is 18.3 Å². The van der Waals surface area contributed by atoms with Gasteiger partial charge in [0.15, 0.2) is 0 Å². The molecule has 0 bridgehead atoms. The minimum Gasteiger partial charge on any atom is -0.396 e. The molecule has 0 amide bonds. The van der Waals surface area contributed by atoms with Crippen LogP contribution < -0.4 is 5.32 Å². The monoisotopic (exact) mass is 283 g/mol. The van der Waals surface area contributed by atoms with Gasteiger partial charge >= 0.3 is 0 Å². The van der Waals surface area contributed by atoms with Crippen molar-refractivity contribution in [2.45, 2.75) is 32.2 Å². The third-order valence-electron chi connectivity index (χ3n) is 4.90. The number of fused-ring (bicyclic) bond motifs is 1. The molecule has 2 atom stereocenters. The van der Waals surface area contributed by atoms with E-state index < -0.39 is 0 Å². The molecule has 2 nitrogen and oxygen atoms in total. The first-order valence-corrected chi connectivity index (χ1v) is 8.16. The van der Waals surface area contributed by atoms with Crippen LogP contribution in [-0.2, 0) is 6.54 Å². The standard InChI is InChI=1S/C19H25NO/c21-14-18-8-2-1-7-16(18)12-20-13-17-10-5-9-15-6-3-4-11-19(15)17/h3-6,9-11,16,18,20-21H,1-2,7-8,12-14H2. The molecule has 2 aromatic carbocycles. The number of aliphatic hydroxyl groups is 1. The molecule has 3 rings (SSSR count). The molecule has 1 saturated carbocycles. The van der Waals surface area contributed by atoms with Gasteiger partial charge in [-0.3, -0.25) is 0 Å². The Kier molecular flexibility index (Phi) is 4.89. The zero-order valence-electron chi connectivity index (χ0n) is 12.6. The van der Waals surface area contributed by atoms with Gasteiger partial charge in [-0.25, -0.2) is 0 Å². The molecule has 1 aliphatic rings. The smallest absolute Gasteiger partial charge is 0.0462 e. The van der Waals surface area contributed by atoms with E-state index in [0.717, 1.165) is 13.1 Å². The molecule has 21 heavy (non-hydrogen) atoms. The lowest BCUT2D eigenvalue weighted by Crippen LogP contribution is -2.32. The van der Waals surface area contributed by atoms with Crippen LogP contribution in [0.2, 0.25) is 0 Å². The second kappa shape index (κ2) is 7.06. The summed E-state index contributed by atoms with van der Waals surface area (Å²) in [6.07, 6.45) is 5.05. The first-order chi connectivity index (χ1) is 10.4. The highest BCUT2D eigenvalue weighted by molar-refractivity contribution is 5.85. The summed E-state index contributed by atoms with van der Waals surface area (Å²) in [6.45, 7) is 2.28. The summed E-state index contributed by atoms with van der Waals surface area (Å²) in [4.78, 5) is 0. The summed E-state index contributed by atoms with van der Waals surface area (Å²) in [6, 6.07) is 15.1. The number of aliphatic hydroxyl groups excluding tert-OH is 1. The third-order valence-corrected chi connectivity index (χ3v) is 4.90. The highest BCUT2D eigenvalue weighted by Crippen LogP contribution is 2.29. The zero-order chi connectivity index (χ0) is 14.5. The SMILES string of the molecule is OCC1CCCCC1CNCc1cccc2ccccc12. The number of benzene rings is 2. The molecule has 112 valence electrons. The van der Waals surface area contributed by atoms with Crippen molar-refractivity contribution in [3.63, 3.8) is 0 Å². The summed E-state index contributed by atoms with van der Waals surface area (Å²) in [5.74, 6) is 1.14. The van der Waals surface area contributed by atoms with Gasteiger partial charge in [0, 0.05) is 13.2 Å². The Balaban J connectivity index is 1.61. The van der Waals surface area contributed by atoms with Gasteiger partial charge in [-0.05, 0) is 47.6 Å². The average molecular weight is 283 g/mol. The lowest BCUT2D eigenvalue weighted by atomic mass is 9.79. The molecule has 0 saturated heterocycles. The van der Waals surface area contributed by atoms with Crippen molar-refractivity contribution in [2.75, 3.05) is 13.2 Å². The molecule has 0 heterocycles. The van der Waals surface area contributed by atoms with Crippen molar-refractivity contribution in [3.05, 3.63) is 48.0 Å². The van der Waals surface area contributed by atoms with Crippen LogP contribution in [0.5, 0.6) is 0 Å². The fourth-order valence-corrected chi connectivity index (χ4v) is 3.63. The Hall–Kier alpha value is -1.38. The summed E-state index contributed by atoms with van der Waals surface area (Å²) in [5, 5.41) is 15.8. The first-order valence-electron chi connectivity index (χ1n) is 8.16. The lowest BCUT2D eigenvalue weighted by Gasteiger charge is -2.30. The minimum absolute atomic E-state index is 0.348. The number of rotatable bonds is 5. The van der Waals surface area contributed by atoms with Crippen molar-refractivity contribution in [2.24, 2.45) is 11.8 Å². The lowest BCUT2D eigenvalue weighted by molar-refractivity contribution is 0.133. The Morgan fingerprint density at radius 2 is 1.71 bits per heavy atom. The third kappa shape index (κ3) is 3.45. The van der Waals surface area contributed by atoms with E-state index in [-0.39, 0.29) is 0 Å². The van der Waals surface area contributed by atoms with Gasteiger partial charge in [0.25, 0.3) is 0 Å². The predicted octanol–water partition coefficient (Wildman–Crippen LogP) is 3.73. The molecular weight excluding hydrogens is 258 g/mol. The van der Waals surface area contributed by atoms with E-state index in [4.69, 9.17) is 0 Å². The van der Waals surface area contributed by atoms with E-state index >= 15 is 0 Å². The van der Waals surface area contributed by atoms with Gasteiger partial charge < -0.3 is 10.4 Å². The second-order valence-corrected chi connectivity index (χ2v) is 6.26. The van der Waals surface area contributed by atoms with Gasteiger partial charge in [-0.2, -0.15) is 0 Å². The predicted molar refractivity (Wildman–Crippen MR) is 88.2 cm³/mol. The molecule has 1 fully saturated rings. The van der Waals surface area contributed by atoms with Gasteiger partial charge in [0.1, 0.15) is 0 Å². The van der Waals surface area contributed by atoms with Gasteiger partial charge in [0.2, 0.25) is 0 Å². The molecule has 0 spiro atoms. The normalized spacial score (nSPS) is 22.5. The van der Waals surface area contributed by atoms with Crippen LogP contribution in [0.3, 0.4) is 0 Å². The molecule has 0 aliphatic heterocycles. The Morgan fingerprint density at radius 1 is 0.952 bits per heavy atom. The van der Waals surface area contributed by atoms with E-state index in [1.54, 1.807) is 0 Å². The van der Waals surface area contributed by atoms with Crippen LogP contribution >= 0.6 is 0 Å². The fraction of sp³-hybridized carbons (Fsp3) is 0.474. The maximum atomic E-state index is 9.49. The Morgan fingerprint density at radius 3 is 2.57 bits per heavy atom. The number of hydrogen-bond acceptors (Lipinski definition) is 2. The van der Waals surface area contributed by atoms with Crippen molar-refractivity contribution in [1.29, 1.82) is 0 Å². The molecule has 2 N–H and O–H groups in total. The van der Waals surface area contributed by atoms with Crippen molar-refractivity contribution in [3.8, 4) is 0 Å². The first kappa shape index (κ1) is 14.6. The number of nitrogens with one attached hydrogen (secondary N) is 1. The van der Waals surface area contributed by atoms with Crippen LogP contribution in [0.1, 0.15) is 31.2 Å². The Bertz CT molecular complexity index is 575. The van der Waals surface area contributed by atoms with Crippen molar-refractivity contribution in [1.82, 2.24) is 5.32 Å². The summed E-state index contributed by atoms with van der Waals surface area (Å²) in [5.41, 5.74) is 1.37. The molecule has 2 unspecified atom stereocenters. The van der Waals surface area contributed by atoms with Gasteiger partial charge in [-0.15, -0.1) is 0 Å². The summed E-state index contributed by atoms with van der Waals surface area (Å²) >= 11 is 0. The van der Waals surface area contributed by atoms with Crippen LogP contribution in [0, 0.1) is 11.8 Å². The molecule has 1 aliphatic carbocycles. The number of hydrogen-bond donors (Lipinski definition) is 2. The summed E-state index contributed by atoms with van der Waals surface area (Å²) in [7, 11) is 0. The highest BCUT2D eigenvalue weighted by Gasteiger charge is 2.23. The van der Waals surface area contributed by atoms with Crippen molar-refractivity contribution < 1.29 is 5.11 Å². The fourth-order valence-electron chi connectivity index (χ4n) is 3.63. The van der Waals surface area contributed by atoms with Gasteiger partial charge in [-0.1, -0.05) is 55.3 Å². The second-order valence-electron chi connectivity index (χ2n) is 6.26. The maximum Gasteiger partial charge on any atom is 0.0462 e. The van der Waals surface area contributed by atoms with E-state index in [2.05, 4.69) is 47.8 Å². The highest BCUT2D eigenvalue weighted by atomic mass is 16.3.